The summed E-state index contributed by atoms with van der Waals surface area (Å²) in [6.07, 6.45) is 0. The van der Waals surface area contributed by atoms with E-state index in [1.165, 1.54) is 20.8 Å². The smallest absolute Gasteiger partial charge is 0.330 e. The van der Waals surface area contributed by atoms with Crippen molar-refractivity contribution in [3.8, 4) is 0 Å². The Balaban J connectivity index is -0.0000000561. The minimum atomic E-state index is -0.935. The molecule has 0 aromatic heterocycles. The maximum atomic E-state index is 9.60. The molecule has 0 spiro atoms. The van der Waals surface area contributed by atoms with Gasteiger partial charge in [-0.25, -0.2) is 14.4 Å². The number of carboxylic acids is 3. The van der Waals surface area contributed by atoms with Crippen molar-refractivity contribution < 1.29 is 56.5 Å². The fraction of sp³-hybridized carbons (Fsp3) is 0.308. The van der Waals surface area contributed by atoms with Crippen LogP contribution in [0.2, 0.25) is 0 Å². The predicted octanol–water partition coefficient (Wildman–Crippen LogP) is 0.915. The van der Waals surface area contributed by atoms with Crippen molar-refractivity contribution in [1.82, 2.24) is 0 Å². The minimum absolute atomic E-state index is 0. The van der Waals surface area contributed by atoms with Gasteiger partial charge in [-0.05, 0) is 20.8 Å². The number of carbonyl (C=O) groups is 3. The number of hydrogen-bond donors (Lipinski definition) is 3. The zero-order valence-corrected chi connectivity index (χ0v) is 14.2. The second-order valence-corrected chi connectivity index (χ2v) is 3.26. The Morgan fingerprint density at radius 3 is 0.714 bits per heavy atom. The van der Waals surface area contributed by atoms with Crippen LogP contribution in [-0.2, 0) is 36.1 Å². The molecule has 0 saturated heterocycles. The van der Waals surface area contributed by atoms with Crippen molar-refractivity contribution in [3.05, 3.63) is 36.5 Å². The maximum Gasteiger partial charge on any atom is 0.330 e. The predicted molar refractivity (Wildman–Crippen MR) is 73.3 cm³/mol. The van der Waals surface area contributed by atoms with Crippen LogP contribution in [0.5, 0.6) is 0 Å². The number of carboxylic acid groups (broad SMARTS) is 3. The zero-order valence-electron chi connectivity index (χ0n) is 12.6. The van der Waals surface area contributed by atoms with Gasteiger partial charge in [-0.15, -0.1) is 0 Å². The zero-order chi connectivity index (χ0) is 17.5. The number of rotatable bonds is 3. The maximum absolute atomic E-state index is 9.60. The normalized spacial score (nSPS) is 6.71. The molecule has 0 heterocycles. The van der Waals surface area contributed by atoms with Crippen molar-refractivity contribution in [2.75, 3.05) is 7.11 Å². The molecular formula is C13H21O7Ti-. The van der Waals surface area contributed by atoms with Gasteiger partial charge in [0.15, 0.2) is 0 Å². The number of hydrogen-bond acceptors (Lipinski definition) is 4. The third-order valence-corrected chi connectivity index (χ3v) is 1.10. The molecular weight excluding hydrogens is 316 g/mol. The Morgan fingerprint density at radius 2 is 0.714 bits per heavy atom. The summed E-state index contributed by atoms with van der Waals surface area (Å²) in [7, 11) is 0.750. The monoisotopic (exact) mass is 337 g/mol. The molecule has 0 saturated carbocycles. The quantitative estimate of drug-likeness (QED) is 0.514. The molecule has 7 nitrogen and oxygen atoms in total. The van der Waals surface area contributed by atoms with E-state index in [0.717, 1.165) is 7.11 Å². The number of aliphatic carboxylic acids is 3. The van der Waals surface area contributed by atoms with E-state index in [2.05, 4.69) is 19.7 Å². The fourth-order valence-electron chi connectivity index (χ4n) is 0. The van der Waals surface area contributed by atoms with Crippen LogP contribution in [0.3, 0.4) is 0 Å². The standard InChI is InChI=1S/3C4H6O2.CH3O.Ti/c3*1-3(2)4(5)6;1-2;/h3*1H2,2H3,(H,5,6);1H3;/q;;;-1;. The summed E-state index contributed by atoms with van der Waals surface area (Å²) < 4.78 is 0. The Morgan fingerprint density at radius 1 is 0.667 bits per heavy atom. The molecule has 21 heavy (non-hydrogen) atoms. The van der Waals surface area contributed by atoms with Crippen LogP contribution >= 0.6 is 0 Å². The van der Waals surface area contributed by atoms with Gasteiger partial charge in [-0.3, -0.25) is 0 Å². The molecule has 0 unspecified atom stereocenters. The fourth-order valence-corrected chi connectivity index (χ4v) is 0. The molecule has 0 amide bonds. The first-order valence-electron chi connectivity index (χ1n) is 5.00. The van der Waals surface area contributed by atoms with Gasteiger partial charge >= 0.3 is 17.9 Å². The molecule has 0 aliphatic rings. The second-order valence-electron chi connectivity index (χ2n) is 3.26. The SMILES string of the molecule is C=C(C)C(=O)O.C=C(C)C(=O)O.C=C(C)C(=O)O.C[O-].[Ti]. The topological polar surface area (TPSA) is 135 Å². The third kappa shape index (κ3) is 45.8. The Labute approximate surface area is 139 Å². The summed E-state index contributed by atoms with van der Waals surface area (Å²) in [5, 5.41) is 31.9. The average molecular weight is 337 g/mol. The first-order valence-corrected chi connectivity index (χ1v) is 5.00. The van der Waals surface area contributed by atoms with Crippen LogP contribution in [0, 0.1) is 0 Å². The van der Waals surface area contributed by atoms with E-state index in [4.69, 9.17) is 20.4 Å². The summed E-state index contributed by atoms with van der Waals surface area (Å²) in [4.78, 5) is 28.8. The molecule has 0 aliphatic heterocycles. The molecule has 0 aromatic carbocycles. The van der Waals surface area contributed by atoms with Gasteiger partial charge in [0.2, 0.25) is 0 Å². The van der Waals surface area contributed by atoms with Crippen LogP contribution in [0.4, 0.5) is 0 Å². The van der Waals surface area contributed by atoms with Gasteiger partial charge in [-0.2, -0.15) is 7.11 Å². The summed E-state index contributed by atoms with van der Waals surface area (Å²) in [5.41, 5.74) is 0.528. The van der Waals surface area contributed by atoms with E-state index < -0.39 is 17.9 Å². The first kappa shape index (κ1) is 31.6. The van der Waals surface area contributed by atoms with Gasteiger partial charge in [0.25, 0.3) is 0 Å². The van der Waals surface area contributed by atoms with E-state index in [-0.39, 0.29) is 38.4 Å². The summed E-state index contributed by atoms with van der Waals surface area (Å²) >= 11 is 0. The summed E-state index contributed by atoms with van der Waals surface area (Å²) in [5.74, 6) is -2.81. The summed E-state index contributed by atoms with van der Waals surface area (Å²) in [6.45, 7) is 13.8. The van der Waals surface area contributed by atoms with E-state index in [9.17, 15) is 14.4 Å². The minimum Gasteiger partial charge on any atom is -0.857 e. The molecule has 0 rings (SSSR count). The molecule has 0 aromatic rings. The van der Waals surface area contributed by atoms with Crippen molar-refractivity contribution in [2.24, 2.45) is 0 Å². The van der Waals surface area contributed by atoms with Crippen LogP contribution < -0.4 is 5.11 Å². The largest absolute Gasteiger partial charge is 0.857 e. The van der Waals surface area contributed by atoms with Crippen molar-refractivity contribution in [3.63, 3.8) is 0 Å². The molecule has 3 N–H and O–H groups in total. The van der Waals surface area contributed by atoms with Gasteiger partial charge < -0.3 is 20.4 Å². The molecule has 0 bridgehead atoms. The summed E-state index contributed by atoms with van der Waals surface area (Å²) in [6, 6.07) is 0. The van der Waals surface area contributed by atoms with E-state index in [1.807, 2.05) is 0 Å². The van der Waals surface area contributed by atoms with Crippen molar-refractivity contribution >= 4 is 17.9 Å². The van der Waals surface area contributed by atoms with Crippen molar-refractivity contribution in [2.45, 2.75) is 20.8 Å². The Kier molecular flexibility index (Phi) is 31.0. The molecule has 0 fully saturated rings. The van der Waals surface area contributed by atoms with Gasteiger partial charge in [0.05, 0.1) is 0 Å². The Hall–Kier alpha value is -1.70. The van der Waals surface area contributed by atoms with E-state index >= 15 is 0 Å². The van der Waals surface area contributed by atoms with Crippen LogP contribution in [0.1, 0.15) is 20.8 Å². The second kappa shape index (κ2) is 20.6. The van der Waals surface area contributed by atoms with Gasteiger partial charge in [-0.1, -0.05) is 19.7 Å². The van der Waals surface area contributed by atoms with Crippen LogP contribution in [-0.4, -0.2) is 40.3 Å². The van der Waals surface area contributed by atoms with Crippen LogP contribution in [0.15, 0.2) is 36.5 Å². The van der Waals surface area contributed by atoms with Gasteiger partial charge in [0, 0.05) is 38.4 Å². The van der Waals surface area contributed by atoms with Crippen LogP contribution in [0.25, 0.3) is 0 Å². The van der Waals surface area contributed by atoms with E-state index in [0.29, 0.717) is 0 Å². The van der Waals surface area contributed by atoms with E-state index in [1.54, 1.807) is 0 Å². The third-order valence-electron chi connectivity index (χ3n) is 1.10. The van der Waals surface area contributed by atoms with Gasteiger partial charge in [0.1, 0.15) is 0 Å². The van der Waals surface area contributed by atoms with Crippen molar-refractivity contribution in [1.29, 1.82) is 0 Å². The average Bonchev–Trinajstić information content (AvgIpc) is 2.32. The Bertz CT molecular complexity index is 280. The molecule has 8 heteroatoms. The first-order chi connectivity index (χ1) is 8.93. The molecule has 0 aliphatic carbocycles. The molecule has 0 atom stereocenters. The molecule has 0 radical (unpaired) electrons. The molecule has 120 valence electrons.